The number of nitrogens with zero attached hydrogens (tertiary/aromatic N) is 3. The van der Waals surface area contributed by atoms with Gasteiger partial charge in [-0.25, -0.2) is 4.79 Å². The van der Waals surface area contributed by atoms with E-state index in [-0.39, 0.29) is 19.2 Å². The molecule has 0 atom stereocenters. The third-order valence-electron chi connectivity index (χ3n) is 3.27. The highest BCUT2D eigenvalue weighted by Gasteiger charge is 2.12. The Labute approximate surface area is 141 Å². The Bertz CT molecular complexity index is 655. The molecule has 1 aromatic heterocycles. The van der Waals surface area contributed by atoms with Crippen LogP contribution in [-0.4, -0.2) is 45.9 Å². The molecule has 0 spiro atoms. The average Bonchev–Trinajstić information content (AvgIpc) is 3.02. The molecule has 0 aliphatic carbocycles. The zero-order chi connectivity index (χ0) is 17.2. The molecule has 2 amide bonds. The molecule has 0 fully saturated rings. The highest BCUT2D eigenvalue weighted by Crippen LogP contribution is 2.03. The number of amides is 2. The van der Waals surface area contributed by atoms with Gasteiger partial charge in [0.1, 0.15) is 0 Å². The minimum absolute atomic E-state index is 0.0367. The van der Waals surface area contributed by atoms with Gasteiger partial charge in [0.05, 0.1) is 6.54 Å². The van der Waals surface area contributed by atoms with Crippen molar-refractivity contribution in [2.24, 2.45) is 0 Å². The Hall–Kier alpha value is -2.67. The molecule has 2 aromatic rings. The maximum absolute atomic E-state index is 12.3. The predicted octanol–water partition coefficient (Wildman–Crippen LogP) is 1.99. The van der Waals surface area contributed by atoms with Crippen LogP contribution in [0.4, 0.5) is 4.79 Å². The average molecular weight is 330 g/mol. The van der Waals surface area contributed by atoms with Gasteiger partial charge in [0.2, 0.25) is 11.8 Å². The summed E-state index contributed by atoms with van der Waals surface area (Å²) < 4.78 is 5.22. The Morgan fingerprint density at radius 3 is 2.79 bits per heavy atom. The van der Waals surface area contributed by atoms with Gasteiger partial charge < -0.3 is 19.7 Å². The molecular formula is C17H22N4O3. The first-order chi connectivity index (χ1) is 11.7. The van der Waals surface area contributed by atoms with E-state index < -0.39 is 0 Å². The van der Waals surface area contributed by atoms with Crippen molar-refractivity contribution in [3.05, 3.63) is 53.8 Å². The van der Waals surface area contributed by atoms with E-state index in [0.717, 1.165) is 5.56 Å². The van der Waals surface area contributed by atoms with Crippen LogP contribution in [0.1, 0.15) is 23.8 Å². The van der Waals surface area contributed by atoms with Crippen molar-refractivity contribution in [2.45, 2.75) is 19.9 Å². The molecule has 0 aliphatic rings. The first kappa shape index (κ1) is 17.7. The molecule has 128 valence electrons. The van der Waals surface area contributed by atoms with Gasteiger partial charge in [-0.3, -0.25) is 0 Å². The van der Waals surface area contributed by atoms with E-state index in [4.69, 9.17) is 9.52 Å². The van der Waals surface area contributed by atoms with Crippen molar-refractivity contribution in [3.8, 4) is 0 Å². The number of aryl methyl sites for hydroxylation is 1. The largest absolute Gasteiger partial charge is 0.424 e. The lowest BCUT2D eigenvalue weighted by molar-refractivity contribution is 0.194. The van der Waals surface area contributed by atoms with Crippen LogP contribution in [0.5, 0.6) is 0 Å². The Balaban J connectivity index is 1.88. The summed E-state index contributed by atoms with van der Waals surface area (Å²) in [5.41, 5.74) is 1.07. The van der Waals surface area contributed by atoms with E-state index in [1.165, 1.54) is 0 Å². The summed E-state index contributed by atoms with van der Waals surface area (Å²) in [5.74, 6) is 0.824. The maximum atomic E-state index is 12.3. The zero-order valence-electron chi connectivity index (χ0n) is 13.7. The first-order valence-electron chi connectivity index (χ1n) is 7.83. The lowest BCUT2D eigenvalue weighted by atomic mass is 10.2. The van der Waals surface area contributed by atoms with Crippen molar-refractivity contribution in [1.29, 1.82) is 0 Å². The smallest absolute Gasteiger partial charge is 0.318 e. The summed E-state index contributed by atoms with van der Waals surface area (Å²) in [7, 11) is 0. The van der Waals surface area contributed by atoms with Crippen LogP contribution in [-0.2, 0) is 6.54 Å². The fourth-order valence-corrected chi connectivity index (χ4v) is 2.09. The minimum Gasteiger partial charge on any atom is -0.424 e. The molecular weight excluding hydrogens is 308 g/mol. The summed E-state index contributed by atoms with van der Waals surface area (Å²) in [6.45, 7) is 2.82. The third kappa shape index (κ3) is 5.85. The second kappa shape index (κ2) is 9.46. The second-order valence-electron chi connectivity index (χ2n) is 5.21. The first-order valence-corrected chi connectivity index (χ1v) is 7.83. The molecule has 0 aliphatic heterocycles. The van der Waals surface area contributed by atoms with Crippen LogP contribution in [0, 0.1) is 6.92 Å². The number of nitrogens with one attached hydrogen (secondary N) is 1. The number of benzene rings is 1. The van der Waals surface area contributed by atoms with E-state index in [1.54, 1.807) is 11.8 Å². The predicted molar refractivity (Wildman–Crippen MR) is 90.0 cm³/mol. The molecule has 2 rings (SSSR count). The molecule has 7 nitrogen and oxygen atoms in total. The molecule has 0 unspecified atom stereocenters. The number of urea groups is 1. The number of carbonyl (C=O) groups is 1. The number of carbonyl (C=O) groups excluding carboxylic acids is 1. The Morgan fingerprint density at radius 1 is 1.33 bits per heavy atom. The van der Waals surface area contributed by atoms with Crippen LogP contribution in [0.25, 0.3) is 6.08 Å². The van der Waals surface area contributed by atoms with Gasteiger partial charge in [-0.05, 0) is 12.0 Å². The van der Waals surface area contributed by atoms with Crippen LogP contribution < -0.4 is 5.32 Å². The van der Waals surface area contributed by atoms with Crippen LogP contribution in [0.3, 0.4) is 0 Å². The Morgan fingerprint density at radius 2 is 2.12 bits per heavy atom. The minimum atomic E-state index is -0.239. The number of aromatic nitrogens is 2. The maximum Gasteiger partial charge on any atom is 0.318 e. The molecule has 0 saturated heterocycles. The number of aliphatic hydroxyl groups is 1. The molecule has 0 saturated carbocycles. The topological polar surface area (TPSA) is 91.5 Å². The van der Waals surface area contributed by atoms with Gasteiger partial charge in [0, 0.05) is 26.6 Å². The van der Waals surface area contributed by atoms with Gasteiger partial charge in [-0.2, -0.15) is 0 Å². The third-order valence-corrected chi connectivity index (χ3v) is 3.27. The highest BCUT2D eigenvalue weighted by molar-refractivity contribution is 5.74. The summed E-state index contributed by atoms with van der Waals surface area (Å²) in [5, 5.41) is 19.3. The van der Waals surface area contributed by atoms with Crippen LogP contribution in [0.15, 0.2) is 40.8 Å². The van der Waals surface area contributed by atoms with Crippen molar-refractivity contribution in [3.63, 3.8) is 0 Å². The van der Waals surface area contributed by atoms with E-state index in [9.17, 15) is 4.79 Å². The highest BCUT2D eigenvalue weighted by atomic mass is 16.4. The second-order valence-corrected chi connectivity index (χ2v) is 5.21. The zero-order valence-corrected chi connectivity index (χ0v) is 13.7. The van der Waals surface area contributed by atoms with Crippen molar-refractivity contribution in [2.75, 3.05) is 19.7 Å². The van der Waals surface area contributed by atoms with Gasteiger partial charge >= 0.3 is 6.03 Å². The summed E-state index contributed by atoms with van der Waals surface area (Å²) >= 11 is 0. The standard InChI is InChI=1S/C17H22N4O3/c1-14-19-20-16(24-14)13-18-17(23)21(11-6-12-22)10-5-9-15-7-3-2-4-8-15/h2-5,7-9,22H,6,10-13H2,1H3,(H,18,23). The molecule has 1 aromatic carbocycles. The van der Waals surface area contributed by atoms with E-state index in [1.807, 2.05) is 42.5 Å². The van der Waals surface area contributed by atoms with Crippen LogP contribution in [0.2, 0.25) is 0 Å². The van der Waals surface area contributed by atoms with E-state index in [2.05, 4.69) is 15.5 Å². The van der Waals surface area contributed by atoms with Gasteiger partial charge in [-0.1, -0.05) is 42.5 Å². The molecule has 1 heterocycles. The number of rotatable bonds is 8. The van der Waals surface area contributed by atoms with Gasteiger partial charge in [0.15, 0.2) is 0 Å². The van der Waals surface area contributed by atoms with Crippen molar-refractivity contribution >= 4 is 12.1 Å². The number of hydrogen-bond acceptors (Lipinski definition) is 5. The van der Waals surface area contributed by atoms with Crippen LogP contribution >= 0.6 is 0 Å². The molecule has 24 heavy (non-hydrogen) atoms. The Kier molecular flexibility index (Phi) is 6.97. The van der Waals surface area contributed by atoms with E-state index in [0.29, 0.717) is 31.3 Å². The fraction of sp³-hybridized carbons (Fsp3) is 0.353. The molecule has 2 N–H and O–H groups in total. The monoisotopic (exact) mass is 330 g/mol. The lowest BCUT2D eigenvalue weighted by Crippen LogP contribution is -2.40. The molecule has 0 bridgehead atoms. The summed E-state index contributed by atoms with van der Waals surface area (Å²) in [4.78, 5) is 13.9. The fourth-order valence-electron chi connectivity index (χ4n) is 2.09. The lowest BCUT2D eigenvalue weighted by Gasteiger charge is -2.20. The van der Waals surface area contributed by atoms with Crippen molar-refractivity contribution in [1.82, 2.24) is 20.4 Å². The number of hydrogen-bond donors (Lipinski definition) is 2. The molecule has 7 heteroatoms. The quantitative estimate of drug-likeness (QED) is 0.772. The number of aliphatic hydroxyl groups excluding tert-OH is 1. The normalized spacial score (nSPS) is 10.9. The SMILES string of the molecule is Cc1nnc(CNC(=O)N(CC=Cc2ccccc2)CCCO)o1. The summed E-state index contributed by atoms with van der Waals surface area (Å²) in [6, 6.07) is 9.62. The van der Waals surface area contributed by atoms with Gasteiger partial charge in [0.25, 0.3) is 0 Å². The summed E-state index contributed by atoms with van der Waals surface area (Å²) in [6.07, 6.45) is 4.40. The van der Waals surface area contributed by atoms with Crippen molar-refractivity contribution < 1.29 is 14.3 Å². The molecule has 0 radical (unpaired) electrons. The van der Waals surface area contributed by atoms with E-state index >= 15 is 0 Å². The van der Waals surface area contributed by atoms with Gasteiger partial charge in [-0.15, -0.1) is 10.2 Å².